The maximum Gasteiger partial charge on any atom is 0.316 e. The van der Waals surface area contributed by atoms with E-state index in [4.69, 9.17) is 0 Å². The summed E-state index contributed by atoms with van der Waals surface area (Å²) in [6, 6.07) is -0.977. The van der Waals surface area contributed by atoms with Crippen LogP contribution in [0.1, 0.15) is 0 Å². The summed E-state index contributed by atoms with van der Waals surface area (Å²) in [6.07, 6.45) is 1.07. The van der Waals surface area contributed by atoms with Crippen LogP contribution >= 0.6 is 0 Å². The van der Waals surface area contributed by atoms with Gasteiger partial charge < -0.3 is 4.84 Å². The Morgan fingerprint density at radius 1 is 2.00 bits per heavy atom. The molecule has 0 spiro atoms. The highest BCUT2D eigenvalue weighted by molar-refractivity contribution is 5.64. The number of nitrogens with zero attached hydrogens (tertiary/aromatic N) is 2. The minimum Gasteiger partial charge on any atom is -0.371 e. The molecule has 42 valence electrons. The molecule has 0 aromatic heterocycles. The molecule has 2 radical (unpaired) electrons. The summed E-state index contributed by atoms with van der Waals surface area (Å²) in [5.41, 5.74) is 0. The van der Waals surface area contributed by atoms with Crippen LogP contribution in [0.4, 0.5) is 0 Å². The van der Waals surface area contributed by atoms with Crippen molar-refractivity contribution < 1.29 is 9.76 Å². The first-order chi connectivity index (χ1) is 3.80. The van der Waals surface area contributed by atoms with Crippen LogP contribution in [0.3, 0.4) is 0 Å². The lowest BCUT2D eigenvalue weighted by Crippen LogP contribution is -2.17. The Balaban J connectivity index is 2.48. The van der Waals surface area contributed by atoms with Gasteiger partial charge in [0.25, 0.3) is 0 Å². The molecule has 0 bridgehead atoms. The second-order valence-corrected chi connectivity index (χ2v) is 1.19. The fourth-order valence-electron chi connectivity index (χ4n) is 0.300. The molecule has 8 heavy (non-hydrogen) atoms. The normalized spacial score (nSPS) is 25.2. The zero-order chi connectivity index (χ0) is 5.98. The molecule has 5 heteroatoms. The van der Waals surface area contributed by atoms with Crippen molar-refractivity contribution in [2.75, 3.05) is 0 Å². The van der Waals surface area contributed by atoms with Gasteiger partial charge >= 0.3 is 12.6 Å². The zero-order valence-corrected chi connectivity index (χ0v) is 3.77. The molecule has 0 fully saturated rings. The topological polar surface area (TPSA) is 64.7 Å². The third kappa shape index (κ3) is 0.749. The number of nitro groups is 1. The second-order valence-electron chi connectivity index (χ2n) is 1.19. The number of hydrogen-bond donors (Lipinski definition) is 0. The quantitative estimate of drug-likeness (QED) is 0.347. The highest BCUT2D eigenvalue weighted by Gasteiger charge is 2.25. The van der Waals surface area contributed by atoms with Gasteiger partial charge in [-0.3, -0.25) is 10.1 Å². The van der Waals surface area contributed by atoms with Crippen molar-refractivity contribution in [1.82, 2.24) is 0 Å². The van der Waals surface area contributed by atoms with Gasteiger partial charge in [0.15, 0.2) is 0 Å². The fourth-order valence-corrected chi connectivity index (χ4v) is 0.300. The van der Waals surface area contributed by atoms with Gasteiger partial charge in [-0.1, -0.05) is 5.16 Å². The van der Waals surface area contributed by atoms with E-state index in [1.54, 1.807) is 0 Å². The Morgan fingerprint density at radius 3 is 3.00 bits per heavy atom. The SMILES string of the molecule is O=[N+]([O-])C1[C]ON=C1. The zero-order valence-electron chi connectivity index (χ0n) is 3.77. The molecule has 5 nitrogen and oxygen atoms in total. The predicted octanol–water partition coefficient (Wildman–Crippen LogP) is -0.314. The monoisotopic (exact) mass is 114 g/mol. The average molecular weight is 114 g/mol. The maximum atomic E-state index is 9.77. The van der Waals surface area contributed by atoms with E-state index in [2.05, 4.69) is 9.99 Å². The maximum absolute atomic E-state index is 9.77. The molecule has 1 heterocycles. The Hall–Kier alpha value is -1.13. The van der Waals surface area contributed by atoms with Gasteiger partial charge in [0.1, 0.15) is 6.21 Å². The summed E-state index contributed by atoms with van der Waals surface area (Å²) in [5.74, 6) is 0. The standard InChI is InChI=1S/C3H2N2O3/c6-5(7)3-1-4-8-2-3/h1,3H. The van der Waals surface area contributed by atoms with Crippen molar-refractivity contribution in [2.45, 2.75) is 6.04 Å². The van der Waals surface area contributed by atoms with E-state index in [0.29, 0.717) is 0 Å². The number of oxime groups is 1. The molecule has 1 aliphatic rings. The molecule has 0 aromatic carbocycles. The summed E-state index contributed by atoms with van der Waals surface area (Å²) in [7, 11) is 0. The van der Waals surface area contributed by atoms with Crippen LogP contribution in [0.2, 0.25) is 0 Å². The van der Waals surface area contributed by atoms with Gasteiger partial charge in [-0.2, -0.15) is 0 Å². The van der Waals surface area contributed by atoms with E-state index in [9.17, 15) is 10.1 Å². The molecule has 1 unspecified atom stereocenters. The largest absolute Gasteiger partial charge is 0.371 e. The summed E-state index contributed by atoms with van der Waals surface area (Å²) in [5, 5.41) is 12.9. The minimum absolute atomic E-state index is 0.545. The molecule has 1 rings (SSSR count). The lowest BCUT2D eigenvalue weighted by atomic mass is 10.4. The smallest absolute Gasteiger partial charge is 0.316 e. The number of rotatable bonds is 1. The first-order valence-electron chi connectivity index (χ1n) is 1.89. The first kappa shape index (κ1) is 5.02. The van der Waals surface area contributed by atoms with E-state index >= 15 is 0 Å². The Labute approximate surface area is 45.1 Å². The summed E-state index contributed by atoms with van der Waals surface area (Å²) >= 11 is 0. The third-order valence-corrected chi connectivity index (χ3v) is 0.655. The molecule has 0 saturated carbocycles. The molecule has 0 N–H and O–H groups in total. The fraction of sp³-hybridized carbons (Fsp3) is 0.333. The summed E-state index contributed by atoms with van der Waals surface area (Å²) in [4.78, 5) is 13.3. The van der Waals surface area contributed by atoms with Gasteiger partial charge in [0.05, 0.1) is 0 Å². The molecule has 0 aliphatic carbocycles. The molecule has 0 aromatic rings. The van der Waals surface area contributed by atoms with Crippen LogP contribution in [-0.2, 0) is 4.84 Å². The van der Waals surface area contributed by atoms with E-state index in [1.807, 2.05) is 6.61 Å². The van der Waals surface area contributed by atoms with E-state index in [0.717, 1.165) is 6.21 Å². The molecule has 1 aliphatic heterocycles. The molecular weight excluding hydrogens is 112 g/mol. The highest BCUT2D eigenvalue weighted by atomic mass is 16.7. The van der Waals surface area contributed by atoms with Crippen LogP contribution in [-0.4, -0.2) is 17.2 Å². The third-order valence-electron chi connectivity index (χ3n) is 0.655. The van der Waals surface area contributed by atoms with Crippen molar-refractivity contribution in [1.29, 1.82) is 0 Å². The average Bonchev–Trinajstić information content (AvgIpc) is 2.12. The lowest BCUT2D eigenvalue weighted by molar-refractivity contribution is -0.495. The number of hydrogen-bond acceptors (Lipinski definition) is 4. The van der Waals surface area contributed by atoms with Crippen LogP contribution in [0.15, 0.2) is 5.16 Å². The Kier molecular flexibility index (Phi) is 1.11. The van der Waals surface area contributed by atoms with Crippen molar-refractivity contribution in [2.24, 2.45) is 5.16 Å². The van der Waals surface area contributed by atoms with Gasteiger partial charge in [0, 0.05) is 4.92 Å². The molecule has 1 atom stereocenters. The van der Waals surface area contributed by atoms with Gasteiger partial charge in [-0.15, -0.1) is 0 Å². The molecular formula is C3H2N2O3. The predicted molar refractivity (Wildman–Crippen MR) is 23.6 cm³/mol. The van der Waals surface area contributed by atoms with Crippen LogP contribution in [0.25, 0.3) is 0 Å². The van der Waals surface area contributed by atoms with E-state index in [1.165, 1.54) is 0 Å². The van der Waals surface area contributed by atoms with E-state index < -0.39 is 11.0 Å². The second kappa shape index (κ2) is 1.77. The van der Waals surface area contributed by atoms with Crippen molar-refractivity contribution in [3.05, 3.63) is 16.7 Å². The Morgan fingerprint density at radius 2 is 2.75 bits per heavy atom. The van der Waals surface area contributed by atoms with Crippen molar-refractivity contribution in [3.63, 3.8) is 0 Å². The molecule has 0 saturated heterocycles. The minimum atomic E-state index is -0.977. The van der Waals surface area contributed by atoms with Crippen molar-refractivity contribution >= 4 is 6.21 Å². The van der Waals surface area contributed by atoms with Gasteiger partial charge in [0.2, 0.25) is 0 Å². The lowest BCUT2D eigenvalue weighted by Gasteiger charge is -1.88. The van der Waals surface area contributed by atoms with Crippen molar-refractivity contribution in [3.8, 4) is 0 Å². The van der Waals surface area contributed by atoms with Gasteiger partial charge in [-0.25, -0.2) is 0 Å². The van der Waals surface area contributed by atoms with Crippen LogP contribution < -0.4 is 0 Å². The summed E-state index contributed by atoms with van der Waals surface area (Å²) < 4.78 is 0. The summed E-state index contributed by atoms with van der Waals surface area (Å²) in [6.45, 7) is 2.03. The highest BCUT2D eigenvalue weighted by Crippen LogP contribution is 2.01. The van der Waals surface area contributed by atoms with Crippen LogP contribution in [0, 0.1) is 16.7 Å². The van der Waals surface area contributed by atoms with E-state index in [-0.39, 0.29) is 0 Å². The van der Waals surface area contributed by atoms with Crippen LogP contribution in [0.5, 0.6) is 0 Å². The van der Waals surface area contributed by atoms with Gasteiger partial charge in [-0.05, 0) is 0 Å². The first-order valence-corrected chi connectivity index (χ1v) is 1.89. The Bertz CT molecular complexity index is 132. The molecule has 0 amide bonds.